The molecule has 0 saturated carbocycles. The number of anilines is 1. The van der Waals surface area contributed by atoms with Crippen molar-refractivity contribution in [2.45, 2.75) is 19.4 Å². The first-order chi connectivity index (χ1) is 12.2. The van der Waals surface area contributed by atoms with Crippen LogP contribution in [0.3, 0.4) is 0 Å². The van der Waals surface area contributed by atoms with Crippen LogP contribution in [0.15, 0.2) is 54.6 Å². The number of carbonyl (C=O) groups is 1. The highest BCUT2D eigenvalue weighted by molar-refractivity contribution is 5.76. The van der Waals surface area contributed by atoms with Gasteiger partial charge in [-0.3, -0.25) is 4.79 Å². The third kappa shape index (κ3) is 5.07. The van der Waals surface area contributed by atoms with Crippen molar-refractivity contribution in [1.82, 2.24) is 4.90 Å². The molecule has 0 N–H and O–H groups in total. The van der Waals surface area contributed by atoms with Crippen LogP contribution < -0.4 is 4.90 Å². The van der Waals surface area contributed by atoms with Gasteiger partial charge in [-0.05, 0) is 29.7 Å². The van der Waals surface area contributed by atoms with E-state index in [-0.39, 0.29) is 5.91 Å². The van der Waals surface area contributed by atoms with Gasteiger partial charge in [0.15, 0.2) is 0 Å². The van der Waals surface area contributed by atoms with E-state index in [0.29, 0.717) is 13.0 Å². The van der Waals surface area contributed by atoms with Gasteiger partial charge in [-0.1, -0.05) is 42.5 Å². The Morgan fingerprint density at radius 1 is 1.00 bits per heavy atom. The highest BCUT2D eigenvalue weighted by atomic mass is 16.5. The minimum absolute atomic E-state index is 0.182. The molecule has 1 saturated heterocycles. The molecule has 2 aromatic rings. The van der Waals surface area contributed by atoms with Gasteiger partial charge < -0.3 is 14.5 Å². The second-order valence-electron chi connectivity index (χ2n) is 6.50. The van der Waals surface area contributed by atoms with E-state index in [2.05, 4.69) is 41.3 Å². The SMILES string of the molecule is CN(Cc1ccc(N2CCOCC2)cc1)C(=O)CCc1ccccc1. The highest BCUT2D eigenvalue weighted by Gasteiger charge is 2.12. The predicted octanol–water partition coefficient (Wildman–Crippen LogP) is 3.11. The smallest absolute Gasteiger partial charge is 0.222 e. The molecule has 0 unspecified atom stereocenters. The zero-order chi connectivity index (χ0) is 17.5. The molecule has 0 aromatic heterocycles. The van der Waals surface area contributed by atoms with Crippen LogP contribution in [0, 0.1) is 0 Å². The maximum atomic E-state index is 12.3. The molecule has 1 amide bonds. The van der Waals surface area contributed by atoms with Gasteiger partial charge in [0.2, 0.25) is 5.91 Å². The number of hydrogen-bond donors (Lipinski definition) is 0. The second kappa shape index (κ2) is 8.67. The number of carbonyl (C=O) groups excluding carboxylic acids is 1. The molecule has 25 heavy (non-hydrogen) atoms. The minimum atomic E-state index is 0.182. The molecule has 132 valence electrons. The third-order valence-electron chi connectivity index (χ3n) is 4.63. The second-order valence-corrected chi connectivity index (χ2v) is 6.50. The van der Waals surface area contributed by atoms with E-state index in [1.54, 1.807) is 0 Å². The average Bonchev–Trinajstić information content (AvgIpc) is 2.68. The van der Waals surface area contributed by atoms with Crippen molar-refractivity contribution in [2.24, 2.45) is 0 Å². The third-order valence-corrected chi connectivity index (χ3v) is 4.63. The van der Waals surface area contributed by atoms with Gasteiger partial charge in [0.05, 0.1) is 13.2 Å². The number of hydrogen-bond acceptors (Lipinski definition) is 3. The zero-order valence-electron chi connectivity index (χ0n) is 14.9. The van der Waals surface area contributed by atoms with E-state index in [0.717, 1.165) is 38.3 Å². The van der Waals surface area contributed by atoms with E-state index < -0.39 is 0 Å². The van der Waals surface area contributed by atoms with Crippen molar-refractivity contribution in [3.8, 4) is 0 Å². The maximum absolute atomic E-state index is 12.3. The van der Waals surface area contributed by atoms with Gasteiger partial charge in [0.25, 0.3) is 0 Å². The molecular formula is C21H26N2O2. The monoisotopic (exact) mass is 338 g/mol. The lowest BCUT2D eigenvalue weighted by Crippen LogP contribution is -2.36. The molecule has 1 aliphatic heterocycles. The van der Waals surface area contributed by atoms with Gasteiger partial charge in [-0.25, -0.2) is 0 Å². The first-order valence-corrected chi connectivity index (χ1v) is 8.92. The van der Waals surface area contributed by atoms with Crippen molar-refractivity contribution < 1.29 is 9.53 Å². The Labute approximate surface area is 150 Å². The van der Waals surface area contributed by atoms with Gasteiger partial charge in [-0.2, -0.15) is 0 Å². The number of morpholine rings is 1. The lowest BCUT2D eigenvalue weighted by atomic mass is 10.1. The van der Waals surface area contributed by atoms with Gasteiger partial charge >= 0.3 is 0 Å². The quantitative estimate of drug-likeness (QED) is 0.811. The van der Waals surface area contributed by atoms with Crippen molar-refractivity contribution in [1.29, 1.82) is 0 Å². The summed E-state index contributed by atoms with van der Waals surface area (Å²) >= 11 is 0. The lowest BCUT2D eigenvalue weighted by molar-refractivity contribution is -0.130. The number of amides is 1. The van der Waals surface area contributed by atoms with Crippen molar-refractivity contribution >= 4 is 11.6 Å². The zero-order valence-corrected chi connectivity index (χ0v) is 14.9. The Morgan fingerprint density at radius 2 is 1.68 bits per heavy atom. The maximum Gasteiger partial charge on any atom is 0.222 e. The van der Waals surface area contributed by atoms with Crippen LogP contribution in [0.4, 0.5) is 5.69 Å². The van der Waals surface area contributed by atoms with Gasteiger partial charge in [0, 0.05) is 38.8 Å². The van der Waals surface area contributed by atoms with Gasteiger partial charge in [0.1, 0.15) is 0 Å². The van der Waals surface area contributed by atoms with Crippen LogP contribution in [0.5, 0.6) is 0 Å². The van der Waals surface area contributed by atoms with E-state index in [1.807, 2.05) is 30.1 Å². The average molecular weight is 338 g/mol. The Morgan fingerprint density at radius 3 is 2.36 bits per heavy atom. The topological polar surface area (TPSA) is 32.8 Å². The van der Waals surface area contributed by atoms with Crippen molar-refractivity contribution in [3.05, 3.63) is 65.7 Å². The number of ether oxygens (including phenoxy) is 1. The molecule has 1 aliphatic rings. The summed E-state index contributed by atoms with van der Waals surface area (Å²) in [6.07, 6.45) is 1.34. The molecule has 1 heterocycles. The summed E-state index contributed by atoms with van der Waals surface area (Å²) in [4.78, 5) is 16.5. The molecule has 0 aliphatic carbocycles. The number of rotatable bonds is 6. The van der Waals surface area contributed by atoms with Crippen LogP contribution in [0.25, 0.3) is 0 Å². The molecule has 4 heteroatoms. The lowest BCUT2D eigenvalue weighted by Gasteiger charge is -2.29. The normalized spacial score (nSPS) is 14.4. The van der Waals surface area contributed by atoms with Crippen molar-refractivity contribution in [3.63, 3.8) is 0 Å². The molecule has 0 radical (unpaired) electrons. The van der Waals surface area contributed by atoms with Crippen LogP contribution >= 0.6 is 0 Å². The van der Waals surface area contributed by atoms with Crippen molar-refractivity contribution in [2.75, 3.05) is 38.3 Å². The van der Waals surface area contributed by atoms with Crippen LogP contribution in [0.2, 0.25) is 0 Å². The predicted molar refractivity (Wildman–Crippen MR) is 101 cm³/mol. The Balaban J connectivity index is 1.49. The molecule has 4 nitrogen and oxygen atoms in total. The molecule has 2 aromatic carbocycles. The summed E-state index contributed by atoms with van der Waals surface area (Å²) in [6, 6.07) is 18.7. The van der Waals surface area contributed by atoms with E-state index in [1.165, 1.54) is 11.3 Å². The van der Waals surface area contributed by atoms with Crippen LogP contribution in [-0.4, -0.2) is 44.2 Å². The Bertz CT molecular complexity index is 664. The number of nitrogens with zero attached hydrogens (tertiary/aromatic N) is 2. The minimum Gasteiger partial charge on any atom is -0.378 e. The Kier molecular flexibility index (Phi) is 6.07. The fourth-order valence-electron chi connectivity index (χ4n) is 3.08. The Hall–Kier alpha value is -2.33. The largest absolute Gasteiger partial charge is 0.378 e. The van der Waals surface area contributed by atoms with Crippen LogP contribution in [0.1, 0.15) is 17.5 Å². The molecular weight excluding hydrogens is 312 g/mol. The summed E-state index contributed by atoms with van der Waals surface area (Å²) in [5.74, 6) is 0.182. The summed E-state index contributed by atoms with van der Waals surface area (Å²) < 4.78 is 5.39. The van der Waals surface area contributed by atoms with E-state index in [4.69, 9.17) is 4.74 Å². The number of aryl methyl sites for hydroxylation is 1. The summed E-state index contributed by atoms with van der Waals surface area (Å²) in [7, 11) is 1.88. The standard InChI is InChI=1S/C21H26N2O2/c1-22(21(24)12-9-18-5-3-2-4-6-18)17-19-7-10-20(11-8-19)23-13-15-25-16-14-23/h2-8,10-11H,9,12-17H2,1H3. The summed E-state index contributed by atoms with van der Waals surface area (Å²) in [5.41, 5.74) is 3.59. The van der Waals surface area contributed by atoms with E-state index >= 15 is 0 Å². The summed E-state index contributed by atoms with van der Waals surface area (Å²) in [6.45, 7) is 4.12. The fourth-order valence-corrected chi connectivity index (χ4v) is 3.08. The first kappa shape index (κ1) is 17.5. The molecule has 3 rings (SSSR count). The highest BCUT2D eigenvalue weighted by Crippen LogP contribution is 2.17. The summed E-state index contributed by atoms with van der Waals surface area (Å²) in [5, 5.41) is 0. The fraction of sp³-hybridized carbons (Fsp3) is 0.381. The van der Waals surface area contributed by atoms with Gasteiger partial charge in [-0.15, -0.1) is 0 Å². The first-order valence-electron chi connectivity index (χ1n) is 8.92. The molecule has 0 bridgehead atoms. The molecule has 0 atom stereocenters. The number of benzene rings is 2. The molecule has 0 spiro atoms. The molecule has 1 fully saturated rings. The van der Waals surface area contributed by atoms with E-state index in [9.17, 15) is 4.79 Å². The van der Waals surface area contributed by atoms with Crippen LogP contribution in [-0.2, 0) is 22.5 Å².